The number of fused-ring (bicyclic) bond motifs is 1. The Morgan fingerprint density at radius 1 is 0.947 bits per heavy atom. The predicted molar refractivity (Wildman–Crippen MR) is 143 cm³/mol. The minimum absolute atomic E-state index is 0.149. The van der Waals surface area contributed by atoms with Gasteiger partial charge in [-0.25, -0.2) is 0 Å². The summed E-state index contributed by atoms with van der Waals surface area (Å²) in [6.45, 7) is 1.18. The van der Waals surface area contributed by atoms with E-state index in [1.807, 2.05) is 42.5 Å². The van der Waals surface area contributed by atoms with Crippen LogP contribution in [0.1, 0.15) is 67.2 Å². The maximum atomic E-state index is 13.3. The Morgan fingerprint density at radius 3 is 2.29 bits per heavy atom. The van der Waals surface area contributed by atoms with E-state index in [2.05, 4.69) is 16.6 Å². The third kappa shape index (κ3) is 4.59. The van der Waals surface area contributed by atoms with Gasteiger partial charge < -0.3 is 24.9 Å². The molecular formula is C31H32N2O5. The van der Waals surface area contributed by atoms with Crippen molar-refractivity contribution in [1.82, 2.24) is 10.6 Å². The number of terminal acetylenes is 1. The molecule has 1 aromatic heterocycles. The molecule has 0 radical (unpaired) electrons. The highest BCUT2D eigenvalue weighted by atomic mass is 16.5. The highest BCUT2D eigenvalue weighted by Gasteiger charge is 2.48. The van der Waals surface area contributed by atoms with Gasteiger partial charge in [-0.15, -0.1) is 6.42 Å². The summed E-state index contributed by atoms with van der Waals surface area (Å²) in [6.07, 6.45) is 10.6. The van der Waals surface area contributed by atoms with Gasteiger partial charge in [0.1, 0.15) is 16.7 Å². The average molecular weight is 513 g/mol. The van der Waals surface area contributed by atoms with Gasteiger partial charge >= 0.3 is 0 Å². The zero-order valence-corrected chi connectivity index (χ0v) is 21.3. The summed E-state index contributed by atoms with van der Waals surface area (Å²) in [4.78, 5) is 26.7. The van der Waals surface area contributed by atoms with Crippen LogP contribution in [-0.4, -0.2) is 41.2 Å². The molecule has 1 atom stereocenters. The van der Waals surface area contributed by atoms with E-state index in [1.54, 1.807) is 6.07 Å². The van der Waals surface area contributed by atoms with E-state index in [-0.39, 0.29) is 17.6 Å². The lowest BCUT2D eigenvalue weighted by Gasteiger charge is -2.37. The number of aliphatic hydroxyl groups is 1. The maximum absolute atomic E-state index is 13.3. The number of aliphatic hydroxyl groups excluding tert-OH is 1. The van der Waals surface area contributed by atoms with E-state index in [0.717, 1.165) is 54.2 Å². The number of ether oxygens (including phenoxy) is 1. The van der Waals surface area contributed by atoms with Crippen LogP contribution < -0.4 is 10.6 Å². The van der Waals surface area contributed by atoms with E-state index < -0.39 is 23.1 Å². The van der Waals surface area contributed by atoms with Crippen LogP contribution in [-0.2, 0) is 9.53 Å². The van der Waals surface area contributed by atoms with Crippen LogP contribution in [0.25, 0.3) is 22.1 Å². The van der Waals surface area contributed by atoms with Crippen molar-refractivity contribution in [3.05, 3.63) is 59.9 Å². The van der Waals surface area contributed by atoms with Crippen LogP contribution in [0.5, 0.6) is 0 Å². The monoisotopic (exact) mass is 512 g/mol. The fraction of sp³-hybridized carbons (Fsp3) is 0.419. The van der Waals surface area contributed by atoms with Crippen molar-refractivity contribution in [2.75, 3.05) is 13.2 Å². The van der Waals surface area contributed by atoms with Crippen LogP contribution in [0, 0.1) is 18.3 Å². The molecule has 196 valence electrons. The largest absolute Gasteiger partial charge is 0.451 e. The lowest BCUT2D eigenvalue weighted by molar-refractivity contribution is -0.129. The van der Waals surface area contributed by atoms with E-state index in [4.69, 9.17) is 15.6 Å². The van der Waals surface area contributed by atoms with Crippen LogP contribution in [0.2, 0.25) is 0 Å². The average Bonchev–Trinajstić information content (AvgIpc) is 3.55. The first kappa shape index (κ1) is 24.7. The van der Waals surface area contributed by atoms with E-state index in [9.17, 15) is 14.7 Å². The van der Waals surface area contributed by atoms with Gasteiger partial charge in [0, 0.05) is 11.3 Å². The molecule has 2 saturated carbocycles. The van der Waals surface area contributed by atoms with Crippen molar-refractivity contribution in [1.29, 1.82) is 0 Å². The smallest absolute Gasteiger partial charge is 0.287 e. The van der Waals surface area contributed by atoms with Crippen LogP contribution >= 0.6 is 0 Å². The molecule has 3 fully saturated rings. The predicted octanol–water partition coefficient (Wildman–Crippen LogP) is 4.49. The second-order valence-electron chi connectivity index (χ2n) is 11.0. The molecule has 38 heavy (non-hydrogen) atoms. The standard InChI is InChI=1S/C31H32N2O5/c1-2-30(14-15-30)33-29(36)31(12-4-3-5-13-31)32-28(35)26-17-23-11-10-22(16-25(23)38-26)20-6-8-21(9-7-20)27(34)24-18-37-19-24/h1,6-11,16-17,24,27,34H,3-5,12-15,18-19H2,(H,32,35)(H,33,36). The SMILES string of the molecule is C#CC1(NC(=O)C2(NC(=O)c3cc4ccc(-c5ccc(C(O)C6COC6)cc5)cc4o3)CCCCC2)CC1. The first-order valence-electron chi connectivity index (χ1n) is 13.4. The summed E-state index contributed by atoms with van der Waals surface area (Å²) in [7, 11) is 0. The number of amides is 2. The summed E-state index contributed by atoms with van der Waals surface area (Å²) >= 11 is 0. The molecule has 2 heterocycles. The first-order chi connectivity index (χ1) is 18.4. The number of carbonyl (C=O) groups is 2. The van der Waals surface area contributed by atoms with Crippen molar-refractivity contribution in [3.8, 4) is 23.5 Å². The molecule has 3 N–H and O–H groups in total. The molecule has 0 bridgehead atoms. The van der Waals surface area contributed by atoms with Gasteiger partial charge in [0.25, 0.3) is 5.91 Å². The molecular weight excluding hydrogens is 480 g/mol. The van der Waals surface area contributed by atoms with Crippen molar-refractivity contribution >= 4 is 22.8 Å². The van der Waals surface area contributed by atoms with Crippen LogP contribution in [0.3, 0.4) is 0 Å². The minimum atomic E-state index is -0.982. The van der Waals surface area contributed by atoms with Crippen molar-refractivity contribution in [2.24, 2.45) is 5.92 Å². The number of rotatable bonds is 7. The molecule has 7 nitrogen and oxygen atoms in total. The lowest BCUT2D eigenvalue weighted by atomic mass is 9.80. The molecule has 0 spiro atoms. The highest BCUT2D eigenvalue weighted by molar-refractivity contribution is 6.00. The fourth-order valence-electron chi connectivity index (χ4n) is 5.51. The van der Waals surface area contributed by atoms with E-state index in [1.165, 1.54) is 0 Å². The van der Waals surface area contributed by atoms with E-state index in [0.29, 0.717) is 31.6 Å². The molecule has 3 aromatic rings. The molecule has 1 saturated heterocycles. The highest BCUT2D eigenvalue weighted by Crippen LogP contribution is 2.37. The van der Waals surface area contributed by atoms with Gasteiger partial charge in [0.15, 0.2) is 5.76 Å². The van der Waals surface area contributed by atoms with Gasteiger partial charge in [-0.3, -0.25) is 9.59 Å². The molecule has 2 aliphatic carbocycles. The topological polar surface area (TPSA) is 101 Å². The number of benzene rings is 2. The molecule has 3 aliphatic rings. The van der Waals surface area contributed by atoms with Gasteiger partial charge in [0.05, 0.1) is 19.3 Å². The third-order valence-corrected chi connectivity index (χ3v) is 8.31. The number of carbonyl (C=O) groups excluding carboxylic acids is 2. The fourth-order valence-corrected chi connectivity index (χ4v) is 5.51. The number of nitrogens with one attached hydrogen (secondary N) is 2. The van der Waals surface area contributed by atoms with Gasteiger partial charge in [-0.2, -0.15) is 0 Å². The van der Waals surface area contributed by atoms with Crippen molar-refractivity contribution in [3.63, 3.8) is 0 Å². The second kappa shape index (κ2) is 9.61. The molecule has 1 aliphatic heterocycles. The number of furan rings is 1. The minimum Gasteiger partial charge on any atom is -0.451 e. The van der Waals surface area contributed by atoms with Gasteiger partial charge in [-0.1, -0.05) is 61.6 Å². The van der Waals surface area contributed by atoms with Crippen molar-refractivity contribution < 1.29 is 23.8 Å². The van der Waals surface area contributed by atoms with Gasteiger partial charge in [0.2, 0.25) is 5.91 Å². The summed E-state index contributed by atoms with van der Waals surface area (Å²) in [5.41, 5.74) is 1.84. The third-order valence-electron chi connectivity index (χ3n) is 8.31. The second-order valence-corrected chi connectivity index (χ2v) is 11.0. The molecule has 1 unspecified atom stereocenters. The Balaban J connectivity index is 1.20. The lowest BCUT2D eigenvalue weighted by Crippen LogP contribution is -2.61. The molecule has 7 heteroatoms. The zero-order valence-electron chi connectivity index (χ0n) is 21.3. The quantitative estimate of drug-likeness (QED) is 0.405. The number of hydrogen-bond donors (Lipinski definition) is 3. The molecule has 2 aromatic carbocycles. The summed E-state index contributed by atoms with van der Waals surface area (Å²) in [5, 5.41) is 17.3. The van der Waals surface area contributed by atoms with Crippen molar-refractivity contribution in [2.45, 2.75) is 62.1 Å². The van der Waals surface area contributed by atoms with Crippen LogP contribution in [0.4, 0.5) is 0 Å². The molecule has 6 rings (SSSR count). The Kier molecular flexibility index (Phi) is 6.25. The Labute approximate surface area is 221 Å². The Morgan fingerprint density at radius 2 is 1.66 bits per heavy atom. The van der Waals surface area contributed by atoms with Gasteiger partial charge in [-0.05, 0) is 54.5 Å². The van der Waals surface area contributed by atoms with Crippen LogP contribution in [0.15, 0.2) is 52.9 Å². The summed E-state index contributed by atoms with van der Waals surface area (Å²) in [6, 6.07) is 15.3. The Bertz CT molecular complexity index is 1400. The molecule has 2 amide bonds. The summed E-state index contributed by atoms with van der Waals surface area (Å²) < 4.78 is 11.2. The normalized spacial score (nSPS) is 20.6. The van der Waals surface area contributed by atoms with E-state index >= 15 is 0 Å². The summed E-state index contributed by atoms with van der Waals surface area (Å²) in [5.74, 6) is 2.43. The zero-order chi connectivity index (χ0) is 26.3. The number of hydrogen-bond acceptors (Lipinski definition) is 5. The maximum Gasteiger partial charge on any atom is 0.287 e. The first-order valence-corrected chi connectivity index (χ1v) is 13.4. The Hall–Kier alpha value is -3.60.